The number of rotatable bonds is 5. The van der Waals surface area contributed by atoms with Crippen LogP contribution in [0.5, 0.6) is 11.5 Å². The molecule has 7 nitrogen and oxygen atoms in total. The Morgan fingerprint density at radius 1 is 0.963 bits per heavy atom. The summed E-state index contributed by atoms with van der Waals surface area (Å²) in [5, 5.41) is 2.81. The first-order chi connectivity index (χ1) is 12.9. The van der Waals surface area contributed by atoms with Crippen molar-refractivity contribution in [1.29, 1.82) is 0 Å². The van der Waals surface area contributed by atoms with Crippen molar-refractivity contribution in [2.45, 2.75) is 0 Å². The monoisotopic (exact) mass is 367 g/mol. The number of nitrogens with one attached hydrogen (secondary N) is 1. The number of anilines is 1. The Hall–Kier alpha value is -3.48. The van der Waals surface area contributed by atoms with Gasteiger partial charge in [0.25, 0.3) is 0 Å². The van der Waals surface area contributed by atoms with E-state index >= 15 is 0 Å². The smallest absolute Gasteiger partial charge is 0.328 e. The van der Waals surface area contributed by atoms with Crippen LogP contribution in [-0.2, 0) is 18.9 Å². The number of carbonyl (C=O) groups excluding carboxylic acids is 1. The number of carbonyl (C=O) groups is 1. The van der Waals surface area contributed by atoms with E-state index < -0.39 is 0 Å². The van der Waals surface area contributed by atoms with Crippen LogP contribution in [0.1, 0.15) is 5.56 Å². The van der Waals surface area contributed by atoms with Gasteiger partial charge in [-0.3, -0.25) is 13.9 Å². The van der Waals surface area contributed by atoms with Crippen molar-refractivity contribution >= 4 is 28.7 Å². The zero-order valence-electron chi connectivity index (χ0n) is 15.6. The Kier molecular flexibility index (Phi) is 5.03. The van der Waals surface area contributed by atoms with Gasteiger partial charge in [0.05, 0.1) is 25.3 Å². The van der Waals surface area contributed by atoms with E-state index in [0.29, 0.717) is 17.2 Å². The van der Waals surface area contributed by atoms with Crippen LogP contribution in [0.3, 0.4) is 0 Å². The van der Waals surface area contributed by atoms with Gasteiger partial charge in [0.1, 0.15) is 0 Å². The molecule has 1 N–H and O–H groups in total. The van der Waals surface area contributed by atoms with Gasteiger partial charge in [0.15, 0.2) is 11.5 Å². The van der Waals surface area contributed by atoms with Crippen molar-refractivity contribution in [1.82, 2.24) is 9.13 Å². The SMILES string of the molecule is COc1ccc(/C=C/C(=O)Nc2ccc3c(c2)n(C)c(=O)n3C)cc1OC. The molecule has 0 aliphatic rings. The molecule has 0 aliphatic heterocycles. The minimum atomic E-state index is -0.273. The number of imidazole rings is 1. The lowest BCUT2D eigenvalue weighted by Gasteiger charge is -2.07. The van der Waals surface area contributed by atoms with E-state index in [9.17, 15) is 9.59 Å². The van der Waals surface area contributed by atoms with Gasteiger partial charge < -0.3 is 14.8 Å². The summed E-state index contributed by atoms with van der Waals surface area (Å²) in [6, 6.07) is 10.7. The average molecular weight is 367 g/mol. The molecule has 3 rings (SSSR count). The Balaban J connectivity index is 1.78. The molecule has 7 heteroatoms. The molecular weight excluding hydrogens is 346 g/mol. The van der Waals surface area contributed by atoms with Gasteiger partial charge in [-0.05, 0) is 42.0 Å². The number of aromatic nitrogens is 2. The van der Waals surface area contributed by atoms with Crippen molar-refractivity contribution in [2.75, 3.05) is 19.5 Å². The van der Waals surface area contributed by atoms with Crippen LogP contribution in [0, 0.1) is 0 Å². The zero-order valence-corrected chi connectivity index (χ0v) is 15.6. The molecule has 0 saturated carbocycles. The summed E-state index contributed by atoms with van der Waals surface area (Å²) < 4.78 is 13.6. The third kappa shape index (κ3) is 3.57. The first-order valence-corrected chi connectivity index (χ1v) is 8.31. The van der Waals surface area contributed by atoms with E-state index in [1.807, 2.05) is 12.1 Å². The van der Waals surface area contributed by atoms with Crippen molar-refractivity contribution in [3.63, 3.8) is 0 Å². The van der Waals surface area contributed by atoms with Crippen LogP contribution < -0.4 is 20.5 Å². The third-order valence-electron chi connectivity index (χ3n) is 4.37. The molecule has 0 spiro atoms. The first-order valence-electron chi connectivity index (χ1n) is 8.31. The van der Waals surface area contributed by atoms with E-state index in [0.717, 1.165) is 16.6 Å². The Morgan fingerprint density at radius 2 is 1.67 bits per heavy atom. The fraction of sp³-hybridized carbons (Fsp3) is 0.200. The maximum absolute atomic E-state index is 12.2. The lowest BCUT2D eigenvalue weighted by atomic mass is 10.2. The van der Waals surface area contributed by atoms with Gasteiger partial charge >= 0.3 is 5.69 Å². The number of methoxy groups -OCH3 is 2. The molecular formula is C20H21N3O4. The van der Waals surface area contributed by atoms with Crippen LogP contribution in [0.2, 0.25) is 0 Å². The highest BCUT2D eigenvalue weighted by Crippen LogP contribution is 2.28. The van der Waals surface area contributed by atoms with Crippen LogP contribution >= 0.6 is 0 Å². The van der Waals surface area contributed by atoms with Crippen LogP contribution in [0.25, 0.3) is 17.1 Å². The fourth-order valence-corrected chi connectivity index (χ4v) is 2.90. The molecule has 2 aromatic carbocycles. The summed E-state index contributed by atoms with van der Waals surface area (Å²) in [4.78, 5) is 24.2. The van der Waals surface area contributed by atoms with Gasteiger partial charge in [0.2, 0.25) is 5.91 Å². The highest BCUT2D eigenvalue weighted by molar-refractivity contribution is 6.02. The third-order valence-corrected chi connectivity index (χ3v) is 4.37. The normalized spacial score (nSPS) is 11.1. The summed E-state index contributed by atoms with van der Waals surface area (Å²) in [5.41, 5.74) is 2.88. The van der Waals surface area contributed by atoms with Crippen LogP contribution in [0.15, 0.2) is 47.3 Å². The molecule has 0 saturated heterocycles. The number of fused-ring (bicyclic) bond motifs is 1. The van der Waals surface area contributed by atoms with E-state index in [4.69, 9.17) is 9.47 Å². The van der Waals surface area contributed by atoms with Crippen molar-refractivity contribution in [3.05, 3.63) is 58.5 Å². The van der Waals surface area contributed by atoms with Crippen molar-refractivity contribution in [3.8, 4) is 11.5 Å². The highest BCUT2D eigenvalue weighted by Gasteiger charge is 2.09. The minimum absolute atomic E-state index is 0.109. The molecule has 0 bridgehead atoms. The molecule has 0 atom stereocenters. The Morgan fingerprint density at radius 3 is 2.37 bits per heavy atom. The lowest BCUT2D eigenvalue weighted by molar-refractivity contribution is -0.111. The number of hydrogen-bond acceptors (Lipinski definition) is 4. The van der Waals surface area contributed by atoms with Crippen LogP contribution in [-0.4, -0.2) is 29.3 Å². The maximum atomic E-state index is 12.2. The van der Waals surface area contributed by atoms with E-state index in [1.165, 1.54) is 6.08 Å². The second-order valence-corrected chi connectivity index (χ2v) is 6.04. The Labute approximate surface area is 156 Å². The summed E-state index contributed by atoms with van der Waals surface area (Å²) in [6.45, 7) is 0. The predicted octanol–water partition coefficient (Wildman–Crippen LogP) is 2.55. The van der Waals surface area contributed by atoms with E-state index in [-0.39, 0.29) is 11.6 Å². The largest absolute Gasteiger partial charge is 0.493 e. The molecule has 0 radical (unpaired) electrons. The highest BCUT2D eigenvalue weighted by atomic mass is 16.5. The summed E-state index contributed by atoms with van der Waals surface area (Å²) in [5.74, 6) is 0.946. The van der Waals surface area contributed by atoms with E-state index in [2.05, 4.69) is 5.32 Å². The number of ether oxygens (including phenoxy) is 2. The van der Waals surface area contributed by atoms with Crippen LogP contribution in [0.4, 0.5) is 5.69 Å². The molecule has 27 heavy (non-hydrogen) atoms. The first kappa shape index (κ1) is 18.3. The molecule has 1 aromatic heterocycles. The number of amides is 1. The second kappa shape index (κ2) is 7.41. The quantitative estimate of drug-likeness (QED) is 0.704. The summed E-state index contributed by atoms with van der Waals surface area (Å²) >= 11 is 0. The maximum Gasteiger partial charge on any atom is 0.328 e. The average Bonchev–Trinajstić information content (AvgIpc) is 2.90. The summed E-state index contributed by atoms with van der Waals surface area (Å²) in [6.07, 6.45) is 3.13. The predicted molar refractivity (Wildman–Crippen MR) is 105 cm³/mol. The summed E-state index contributed by atoms with van der Waals surface area (Å²) in [7, 11) is 6.55. The van der Waals surface area contributed by atoms with Gasteiger partial charge in [0, 0.05) is 25.9 Å². The number of hydrogen-bond donors (Lipinski definition) is 1. The topological polar surface area (TPSA) is 74.5 Å². The molecule has 140 valence electrons. The van der Waals surface area contributed by atoms with Gasteiger partial charge in [-0.1, -0.05) is 6.07 Å². The van der Waals surface area contributed by atoms with Gasteiger partial charge in [-0.25, -0.2) is 4.79 Å². The fourth-order valence-electron chi connectivity index (χ4n) is 2.90. The van der Waals surface area contributed by atoms with Crippen molar-refractivity contribution in [2.24, 2.45) is 14.1 Å². The van der Waals surface area contributed by atoms with E-state index in [1.54, 1.807) is 67.8 Å². The molecule has 1 amide bonds. The zero-order chi connectivity index (χ0) is 19.6. The minimum Gasteiger partial charge on any atom is -0.493 e. The molecule has 1 heterocycles. The molecule has 0 fully saturated rings. The lowest BCUT2D eigenvalue weighted by Crippen LogP contribution is -2.19. The van der Waals surface area contributed by atoms with Gasteiger partial charge in [-0.2, -0.15) is 0 Å². The molecule has 0 aliphatic carbocycles. The number of nitrogens with zero attached hydrogens (tertiary/aromatic N) is 2. The standard InChI is InChI=1S/C20H21N3O4/c1-22-15-8-7-14(12-16(15)23(2)20(22)25)21-19(24)10-6-13-5-9-17(26-3)18(11-13)27-4/h5-12H,1-4H3,(H,21,24)/b10-6+. The van der Waals surface area contributed by atoms with Gasteiger partial charge in [-0.15, -0.1) is 0 Å². The molecule has 3 aromatic rings. The van der Waals surface area contributed by atoms with Crippen molar-refractivity contribution < 1.29 is 14.3 Å². The molecule has 0 unspecified atom stereocenters. The number of aryl methyl sites for hydroxylation is 2. The number of benzene rings is 2. The Bertz CT molecular complexity index is 1090. The second-order valence-electron chi connectivity index (χ2n) is 6.04.